The number of rotatable bonds is 4. The molecule has 0 saturated heterocycles. The van der Waals surface area contributed by atoms with Crippen LogP contribution in [0.3, 0.4) is 0 Å². The van der Waals surface area contributed by atoms with Crippen LogP contribution in [0.1, 0.15) is 12.0 Å². The lowest BCUT2D eigenvalue weighted by molar-refractivity contribution is -0.137. The highest BCUT2D eigenvalue weighted by molar-refractivity contribution is 5.26. The van der Waals surface area contributed by atoms with E-state index in [0.717, 1.165) is 12.8 Å². The predicted octanol–water partition coefficient (Wildman–Crippen LogP) is 2.66. The second-order valence-electron chi connectivity index (χ2n) is 2.56. The lowest BCUT2D eigenvalue weighted by atomic mass is 10.1. The Morgan fingerprint density at radius 1 is 1.33 bits per heavy atom. The van der Waals surface area contributed by atoms with Crippen molar-refractivity contribution in [1.82, 2.24) is 0 Å². The molecule has 1 N–H and O–H groups in total. The maximum absolute atomic E-state index is 8.29. The summed E-state index contributed by atoms with van der Waals surface area (Å²) in [6, 6.07) is 7.32. The van der Waals surface area contributed by atoms with Crippen LogP contribution in [0, 0.1) is 0 Å². The molecule has 0 amide bonds. The summed E-state index contributed by atoms with van der Waals surface area (Å²) in [6.45, 7) is 3.64. The molecule has 0 bridgehead atoms. The molecule has 1 rings (SSSR count). The van der Waals surface area contributed by atoms with Gasteiger partial charge in [0.1, 0.15) is 0 Å². The summed E-state index contributed by atoms with van der Waals surface area (Å²) < 4.78 is 0. The second kappa shape index (κ2) is 4.57. The van der Waals surface area contributed by atoms with Crippen molar-refractivity contribution in [1.29, 1.82) is 0 Å². The van der Waals surface area contributed by atoms with Gasteiger partial charge < -0.3 is 4.89 Å². The van der Waals surface area contributed by atoms with Gasteiger partial charge in [0.25, 0.3) is 0 Å². The highest BCUT2D eigenvalue weighted by Gasteiger charge is 1.93. The first kappa shape index (κ1) is 8.81. The van der Waals surface area contributed by atoms with E-state index in [-0.39, 0.29) is 0 Å². The zero-order valence-electron chi connectivity index (χ0n) is 6.86. The maximum atomic E-state index is 8.29. The fourth-order valence-corrected chi connectivity index (χ4v) is 0.986. The Bertz CT molecular complexity index is 239. The quantitative estimate of drug-likeness (QED) is 0.421. The fourth-order valence-electron chi connectivity index (χ4n) is 0.986. The summed E-state index contributed by atoms with van der Waals surface area (Å²) in [5.74, 6) is 0.470. The first-order valence-electron chi connectivity index (χ1n) is 3.88. The minimum atomic E-state index is 0.470. The maximum Gasteiger partial charge on any atom is 0.165 e. The zero-order valence-corrected chi connectivity index (χ0v) is 6.86. The molecule has 1 aromatic carbocycles. The molecule has 12 heavy (non-hydrogen) atoms. The molecule has 0 unspecified atom stereocenters. The van der Waals surface area contributed by atoms with Crippen molar-refractivity contribution >= 4 is 0 Å². The van der Waals surface area contributed by atoms with Gasteiger partial charge in [0.2, 0.25) is 0 Å². The van der Waals surface area contributed by atoms with E-state index in [1.54, 1.807) is 12.1 Å². The van der Waals surface area contributed by atoms with Crippen LogP contribution in [-0.2, 0) is 6.42 Å². The Hall–Kier alpha value is -1.28. The molecule has 2 heteroatoms. The third-order valence-corrected chi connectivity index (χ3v) is 1.67. The van der Waals surface area contributed by atoms with E-state index in [0.29, 0.717) is 5.75 Å². The summed E-state index contributed by atoms with van der Waals surface area (Å²) in [7, 11) is 0. The number of hydrogen-bond acceptors (Lipinski definition) is 2. The van der Waals surface area contributed by atoms with Gasteiger partial charge in [-0.05, 0) is 30.5 Å². The zero-order chi connectivity index (χ0) is 8.81. The van der Waals surface area contributed by atoms with Crippen LogP contribution in [0.4, 0.5) is 0 Å². The number of aryl methyl sites for hydroxylation is 1. The monoisotopic (exact) mass is 164 g/mol. The summed E-state index contributed by atoms with van der Waals surface area (Å²) in [5, 5.41) is 8.29. The fraction of sp³-hybridized carbons (Fsp3) is 0.200. The Morgan fingerprint density at radius 2 is 2.00 bits per heavy atom. The van der Waals surface area contributed by atoms with Gasteiger partial charge in [-0.3, -0.25) is 0 Å². The van der Waals surface area contributed by atoms with E-state index in [4.69, 9.17) is 5.26 Å². The molecule has 2 nitrogen and oxygen atoms in total. The molecule has 0 radical (unpaired) electrons. The highest BCUT2D eigenvalue weighted by atomic mass is 17.1. The van der Waals surface area contributed by atoms with Gasteiger partial charge in [-0.2, -0.15) is 0 Å². The third kappa shape index (κ3) is 2.40. The SMILES string of the molecule is C=CCCc1ccc(OO)cc1. The van der Waals surface area contributed by atoms with Crippen LogP contribution in [-0.4, -0.2) is 5.26 Å². The highest BCUT2D eigenvalue weighted by Crippen LogP contribution is 2.12. The van der Waals surface area contributed by atoms with E-state index in [1.807, 2.05) is 18.2 Å². The normalized spacial score (nSPS) is 9.42. The van der Waals surface area contributed by atoms with Crippen molar-refractivity contribution in [3.05, 3.63) is 42.5 Å². The van der Waals surface area contributed by atoms with Crippen LogP contribution in [0.5, 0.6) is 5.75 Å². The Balaban J connectivity index is 2.58. The molecule has 0 saturated carbocycles. The number of allylic oxidation sites excluding steroid dienone is 1. The van der Waals surface area contributed by atoms with Crippen molar-refractivity contribution in [3.8, 4) is 5.75 Å². The molecule has 0 heterocycles. The van der Waals surface area contributed by atoms with Gasteiger partial charge in [0.15, 0.2) is 5.75 Å². The molecule has 0 atom stereocenters. The molecule has 0 spiro atoms. The van der Waals surface area contributed by atoms with Crippen molar-refractivity contribution in [2.45, 2.75) is 12.8 Å². The lowest BCUT2D eigenvalue weighted by Crippen LogP contribution is -1.85. The third-order valence-electron chi connectivity index (χ3n) is 1.67. The van der Waals surface area contributed by atoms with Gasteiger partial charge >= 0.3 is 0 Å². The summed E-state index contributed by atoms with van der Waals surface area (Å²) in [5.41, 5.74) is 1.22. The van der Waals surface area contributed by atoms with Crippen molar-refractivity contribution in [2.75, 3.05) is 0 Å². The first-order chi connectivity index (χ1) is 5.86. The van der Waals surface area contributed by atoms with Gasteiger partial charge in [-0.25, -0.2) is 5.26 Å². The van der Waals surface area contributed by atoms with E-state index in [1.165, 1.54) is 5.56 Å². The minimum Gasteiger partial charge on any atom is -0.340 e. The van der Waals surface area contributed by atoms with Gasteiger partial charge in [0, 0.05) is 0 Å². The van der Waals surface area contributed by atoms with Crippen molar-refractivity contribution < 1.29 is 10.1 Å². The minimum absolute atomic E-state index is 0.470. The topological polar surface area (TPSA) is 29.5 Å². The summed E-state index contributed by atoms with van der Waals surface area (Å²) >= 11 is 0. The van der Waals surface area contributed by atoms with Crippen molar-refractivity contribution in [2.24, 2.45) is 0 Å². The van der Waals surface area contributed by atoms with Gasteiger partial charge in [-0.1, -0.05) is 18.2 Å². The van der Waals surface area contributed by atoms with Crippen LogP contribution in [0.25, 0.3) is 0 Å². The summed E-state index contributed by atoms with van der Waals surface area (Å²) in [6.07, 6.45) is 3.84. The first-order valence-corrected chi connectivity index (χ1v) is 3.88. The Morgan fingerprint density at radius 3 is 2.50 bits per heavy atom. The molecule has 0 aliphatic rings. The molecule has 0 aliphatic heterocycles. The number of hydrogen-bond donors (Lipinski definition) is 1. The second-order valence-corrected chi connectivity index (χ2v) is 2.56. The average molecular weight is 164 g/mol. The Kier molecular flexibility index (Phi) is 3.35. The standard InChI is InChI=1S/C10H12O2/c1-2-3-4-9-5-7-10(12-11)8-6-9/h2,5-8,11H,1,3-4H2. The van der Waals surface area contributed by atoms with Crippen LogP contribution in [0.2, 0.25) is 0 Å². The van der Waals surface area contributed by atoms with E-state index in [9.17, 15) is 0 Å². The molecule has 64 valence electrons. The predicted molar refractivity (Wildman–Crippen MR) is 48.2 cm³/mol. The molecule has 0 aromatic heterocycles. The van der Waals surface area contributed by atoms with E-state index < -0.39 is 0 Å². The average Bonchev–Trinajstić information content (AvgIpc) is 2.15. The number of benzene rings is 1. The van der Waals surface area contributed by atoms with E-state index in [2.05, 4.69) is 11.5 Å². The molecule has 0 fully saturated rings. The van der Waals surface area contributed by atoms with Gasteiger partial charge in [0.05, 0.1) is 0 Å². The molecular formula is C10H12O2. The van der Waals surface area contributed by atoms with Crippen molar-refractivity contribution in [3.63, 3.8) is 0 Å². The summed E-state index contributed by atoms with van der Waals surface area (Å²) in [4.78, 5) is 4.05. The lowest BCUT2D eigenvalue weighted by Gasteiger charge is -1.99. The smallest absolute Gasteiger partial charge is 0.165 e. The van der Waals surface area contributed by atoms with Gasteiger partial charge in [-0.15, -0.1) is 6.58 Å². The van der Waals surface area contributed by atoms with Crippen LogP contribution < -0.4 is 4.89 Å². The largest absolute Gasteiger partial charge is 0.340 e. The molecular weight excluding hydrogens is 152 g/mol. The molecule has 0 aliphatic carbocycles. The molecule has 1 aromatic rings. The Labute approximate surface area is 72.0 Å². The van der Waals surface area contributed by atoms with E-state index >= 15 is 0 Å². The van der Waals surface area contributed by atoms with Crippen LogP contribution in [0.15, 0.2) is 36.9 Å². The van der Waals surface area contributed by atoms with Crippen LogP contribution >= 0.6 is 0 Å².